The predicted molar refractivity (Wildman–Crippen MR) is 86.7 cm³/mol. The highest BCUT2D eigenvalue weighted by molar-refractivity contribution is 5.79. The maximum absolute atomic E-state index is 12.5. The van der Waals surface area contributed by atoms with Crippen molar-refractivity contribution in [3.8, 4) is 0 Å². The highest BCUT2D eigenvalue weighted by Crippen LogP contribution is 2.24. The van der Waals surface area contributed by atoms with E-state index in [1.54, 1.807) is 0 Å². The van der Waals surface area contributed by atoms with Crippen molar-refractivity contribution in [1.29, 1.82) is 0 Å². The molecule has 1 saturated carbocycles. The Morgan fingerprint density at radius 2 is 1.86 bits per heavy atom. The van der Waals surface area contributed by atoms with Gasteiger partial charge in [-0.25, -0.2) is 0 Å². The zero-order valence-corrected chi connectivity index (χ0v) is 13.2. The molecule has 0 aliphatic heterocycles. The highest BCUT2D eigenvalue weighted by Gasteiger charge is 2.27. The quantitative estimate of drug-likeness (QED) is 0.834. The summed E-state index contributed by atoms with van der Waals surface area (Å²) in [5, 5.41) is 3.24. The largest absolute Gasteiger partial charge is 0.353 e. The van der Waals surface area contributed by atoms with Crippen LogP contribution in [0.25, 0.3) is 0 Å². The van der Waals surface area contributed by atoms with Crippen molar-refractivity contribution in [3.05, 3.63) is 35.9 Å². The van der Waals surface area contributed by atoms with E-state index in [1.807, 2.05) is 37.3 Å². The van der Waals surface area contributed by atoms with Gasteiger partial charge in [-0.3, -0.25) is 4.79 Å². The number of benzene rings is 1. The van der Waals surface area contributed by atoms with Crippen molar-refractivity contribution in [2.75, 3.05) is 0 Å². The summed E-state index contributed by atoms with van der Waals surface area (Å²) in [5.74, 6) is 0.449. The van der Waals surface area contributed by atoms with Crippen LogP contribution in [-0.4, -0.2) is 11.9 Å². The molecule has 4 atom stereocenters. The lowest BCUT2D eigenvalue weighted by Crippen LogP contribution is -2.43. The molecule has 116 valence electrons. The summed E-state index contributed by atoms with van der Waals surface area (Å²) in [4.78, 5) is 12.5. The van der Waals surface area contributed by atoms with Gasteiger partial charge in [0.1, 0.15) is 0 Å². The Bertz CT molecular complexity index is 446. The molecule has 0 heterocycles. The second-order valence-electron chi connectivity index (χ2n) is 6.46. The van der Waals surface area contributed by atoms with E-state index in [9.17, 15) is 4.79 Å². The molecule has 4 unspecified atom stereocenters. The van der Waals surface area contributed by atoms with E-state index >= 15 is 0 Å². The molecule has 2 rings (SSSR count). The lowest BCUT2D eigenvalue weighted by Gasteiger charge is -2.26. The van der Waals surface area contributed by atoms with Crippen LogP contribution in [0.2, 0.25) is 0 Å². The molecule has 0 aromatic heterocycles. The zero-order valence-electron chi connectivity index (χ0n) is 13.2. The molecular weight excluding hydrogens is 260 g/mol. The molecule has 1 fully saturated rings. The molecule has 0 radical (unpaired) electrons. The van der Waals surface area contributed by atoms with E-state index < -0.39 is 0 Å². The Kier molecular flexibility index (Phi) is 5.80. The molecule has 3 heteroatoms. The number of amides is 1. The Morgan fingerprint density at radius 1 is 1.19 bits per heavy atom. The minimum atomic E-state index is -0.243. The van der Waals surface area contributed by atoms with Crippen LogP contribution in [0.1, 0.15) is 57.6 Å². The van der Waals surface area contributed by atoms with E-state index in [0.29, 0.717) is 12.0 Å². The number of hydrogen-bond donors (Lipinski definition) is 2. The molecule has 3 nitrogen and oxygen atoms in total. The summed E-state index contributed by atoms with van der Waals surface area (Å²) in [6, 6.07) is 9.94. The van der Waals surface area contributed by atoms with Gasteiger partial charge in [0, 0.05) is 12.1 Å². The zero-order chi connectivity index (χ0) is 15.2. The molecule has 1 amide bonds. The van der Waals surface area contributed by atoms with Crippen molar-refractivity contribution < 1.29 is 4.79 Å². The fourth-order valence-electron chi connectivity index (χ4n) is 3.15. The van der Waals surface area contributed by atoms with Gasteiger partial charge >= 0.3 is 0 Å². The first-order chi connectivity index (χ1) is 10.1. The second kappa shape index (κ2) is 7.60. The first kappa shape index (κ1) is 16.0. The molecule has 0 bridgehead atoms. The lowest BCUT2D eigenvalue weighted by molar-refractivity contribution is -0.126. The first-order valence-electron chi connectivity index (χ1n) is 8.20. The molecule has 0 spiro atoms. The Hall–Kier alpha value is -1.35. The normalized spacial score (nSPS) is 25.7. The third-order valence-corrected chi connectivity index (χ3v) is 4.83. The Balaban J connectivity index is 1.95. The minimum absolute atomic E-state index is 0.0881. The van der Waals surface area contributed by atoms with Crippen molar-refractivity contribution >= 4 is 5.91 Å². The molecule has 1 aliphatic carbocycles. The summed E-state index contributed by atoms with van der Waals surface area (Å²) < 4.78 is 0. The van der Waals surface area contributed by atoms with Crippen molar-refractivity contribution in [2.24, 2.45) is 17.6 Å². The van der Waals surface area contributed by atoms with Gasteiger partial charge in [0.15, 0.2) is 0 Å². The van der Waals surface area contributed by atoms with E-state index in [4.69, 9.17) is 5.73 Å². The first-order valence-corrected chi connectivity index (χ1v) is 8.20. The standard InChI is InChI=1S/C18H28N2O/c1-13-9-5-3-8-12-16(13)20-18(21)14(2)17(19)15-10-6-4-7-11-15/h4,6-7,10-11,13-14,16-17H,3,5,8-9,12,19H2,1-2H3,(H,20,21). The highest BCUT2D eigenvalue weighted by atomic mass is 16.2. The van der Waals surface area contributed by atoms with Crippen LogP contribution in [0.15, 0.2) is 30.3 Å². The molecule has 3 N–H and O–H groups in total. The lowest BCUT2D eigenvalue weighted by atomic mass is 9.92. The van der Waals surface area contributed by atoms with E-state index in [0.717, 1.165) is 12.0 Å². The molecule has 0 saturated heterocycles. The van der Waals surface area contributed by atoms with Crippen LogP contribution in [0.3, 0.4) is 0 Å². The van der Waals surface area contributed by atoms with Crippen LogP contribution in [0, 0.1) is 11.8 Å². The monoisotopic (exact) mass is 288 g/mol. The van der Waals surface area contributed by atoms with Gasteiger partial charge in [0.25, 0.3) is 0 Å². The van der Waals surface area contributed by atoms with Gasteiger partial charge in [0.2, 0.25) is 5.91 Å². The predicted octanol–water partition coefficient (Wildman–Crippen LogP) is 3.41. The fraction of sp³-hybridized carbons (Fsp3) is 0.611. The third kappa shape index (κ3) is 4.31. The number of rotatable bonds is 4. The van der Waals surface area contributed by atoms with E-state index in [-0.39, 0.29) is 17.9 Å². The summed E-state index contributed by atoms with van der Waals surface area (Å²) in [7, 11) is 0. The smallest absolute Gasteiger partial charge is 0.224 e. The minimum Gasteiger partial charge on any atom is -0.353 e. The number of carbonyl (C=O) groups is 1. The van der Waals surface area contributed by atoms with Crippen LogP contribution in [0.4, 0.5) is 0 Å². The van der Waals surface area contributed by atoms with Crippen molar-refractivity contribution in [1.82, 2.24) is 5.32 Å². The third-order valence-electron chi connectivity index (χ3n) is 4.83. The molecular formula is C18H28N2O. The number of hydrogen-bond acceptors (Lipinski definition) is 2. The molecule has 1 aromatic rings. The molecule has 1 aromatic carbocycles. The summed E-state index contributed by atoms with van der Waals surface area (Å²) in [5.41, 5.74) is 7.27. The van der Waals surface area contributed by atoms with Gasteiger partial charge in [-0.2, -0.15) is 0 Å². The Labute approximate surface area is 128 Å². The van der Waals surface area contributed by atoms with Crippen LogP contribution < -0.4 is 11.1 Å². The van der Waals surface area contributed by atoms with Gasteiger partial charge in [-0.05, 0) is 24.3 Å². The average molecular weight is 288 g/mol. The van der Waals surface area contributed by atoms with Crippen LogP contribution >= 0.6 is 0 Å². The SMILES string of the molecule is CC1CCCCCC1NC(=O)C(C)C(N)c1ccccc1. The number of carbonyl (C=O) groups excluding carboxylic acids is 1. The van der Waals surface area contributed by atoms with Gasteiger partial charge in [0.05, 0.1) is 5.92 Å². The average Bonchev–Trinajstić information content (AvgIpc) is 2.71. The van der Waals surface area contributed by atoms with Gasteiger partial charge in [-0.15, -0.1) is 0 Å². The number of nitrogens with two attached hydrogens (primary N) is 1. The topological polar surface area (TPSA) is 55.1 Å². The van der Waals surface area contributed by atoms with Crippen LogP contribution in [0.5, 0.6) is 0 Å². The summed E-state index contributed by atoms with van der Waals surface area (Å²) in [6.45, 7) is 4.17. The molecule has 21 heavy (non-hydrogen) atoms. The number of nitrogens with one attached hydrogen (secondary N) is 1. The fourth-order valence-corrected chi connectivity index (χ4v) is 3.15. The van der Waals surface area contributed by atoms with Crippen molar-refractivity contribution in [3.63, 3.8) is 0 Å². The maximum Gasteiger partial charge on any atom is 0.224 e. The maximum atomic E-state index is 12.5. The summed E-state index contributed by atoms with van der Waals surface area (Å²) in [6.07, 6.45) is 6.10. The van der Waals surface area contributed by atoms with E-state index in [1.165, 1.54) is 25.7 Å². The van der Waals surface area contributed by atoms with E-state index in [2.05, 4.69) is 12.2 Å². The van der Waals surface area contributed by atoms with Gasteiger partial charge in [-0.1, -0.05) is 63.4 Å². The van der Waals surface area contributed by atoms with Gasteiger partial charge < -0.3 is 11.1 Å². The Morgan fingerprint density at radius 3 is 2.57 bits per heavy atom. The van der Waals surface area contributed by atoms with Crippen molar-refractivity contribution in [2.45, 2.75) is 58.0 Å². The molecule has 1 aliphatic rings. The summed E-state index contributed by atoms with van der Waals surface area (Å²) >= 11 is 0. The second-order valence-corrected chi connectivity index (χ2v) is 6.46. The van der Waals surface area contributed by atoms with Crippen LogP contribution in [-0.2, 0) is 4.79 Å².